The van der Waals surface area contributed by atoms with E-state index in [2.05, 4.69) is 10.6 Å². The molecule has 2 amide bonds. The molecule has 6 heteroatoms. The first-order valence-electron chi connectivity index (χ1n) is 5.81. The maximum Gasteiger partial charge on any atom is 0.242 e. The first-order chi connectivity index (χ1) is 7.54. The summed E-state index contributed by atoms with van der Waals surface area (Å²) in [5.41, 5.74) is 5.88. The molecule has 1 fully saturated rings. The van der Waals surface area contributed by atoms with Crippen LogP contribution in [0.4, 0.5) is 0 Å². The van der Waals surface area contributed by atoms with Crippen LogP contribution in [0.1, 0.15) is 32.6 Å². The van der Waals surface area contributed by atoms with E-state index in [1.165, 1.54) is 0 Å². The van der Waals surface area contributed by atoms with Crippen LogP contribution in [0.2, 0.25) is 0 Å². The van der Waals surface area contributed by atoms with Gasteiger partial charge in [0.1, 0.15) is 6.04 Å². The van der Waals surface area contributed by atoms with Gasteiger partial charge in [-0.15, -0.1) is 12.4 Å². The number of carbonyl (C=O) groups is 2. The third-order valence-electron chi connectivity index (χ3n) is 3.18. The molecule has 0 aliphatic heterocycles. The minimum Gasteiger partial charge on any atom is -0.357 e. The minimum absolute atomic E-state index is 0. The zero-order valence-corrected chi connectivity index (χ0v) is 11.2. The Balaban J connectivity index is 0.00000256. The summed E-state index contributed by atoms with van der Waals surface area (Å²) in [5, 5.41) is 5.17. The van der Waals surface area contributed by atoms with Gasteiger partial charge in [-0.1, -0.05) is 6.42 Å². The fourth-order valence-corrected chi connectivity index (χ4v) is 2.14. The summed E-state index contributed by atoms with van der Waals surface area (Å²) in [5.74, 6) is 0.0133. The largest absolute Gasteiger partial charge is 0.357 e. The lowest BCUT2D eigenvalue weighted by Gasteiger charge is -2.17. The lowest BCUT2D eigenvalue weighted by molar-refractivity contribution is -0.128. The second-order valence-corrected chi connectivity index (χ2v) is 4.46. The van der Waals surface area contributed by atoms with E-state index in [1.54, 1.807) is 14.0 Å². The lowest BCUT2D eigenvalue weighted by Crippen LogP contribution is -2.44. The van der Waals surface area contributed by atoms with Crippen LogP contribution in [0.3, 0.4) is 0 Å². The molecule has 1 saturated carbocycles. The summed E-state index contributed by atoms with van der Waals surface area (Å²) in [6.45, 7) is 1.67. The molecule has 100 valence electrons. The van der Waals surface area contributed by atoms with Crippen LogP contribution in [0.15, 0.2) is 0 Å². The monoisotopic (exact) mass is 263 g/mol. The number of carbonyl (C=O) groups excluding carboxylic acids is 2. The number of halogens is 1. The van der Waals surface area contributed by atoms with Crippen LogP contribution in [-0.2, 0) is 9.59 Å². The molecule has 17 heavy (non-hydrogen) atoms. The molecule has 0 heterocycles. The van der Waals surface area contributed by atoms with E-state index in [4.69, 9.17) is 5.73 Å². The van der Waals surface area contributed by atoms with E-state index in [-0.39, 0.29) is 36.2 Å². The van der Waals surface area contributed by atoms with Gasteiger partial charge < -0.3 is 16.4 Å². The molecule has 0 saturated heterocycles. The third-order valence-corrected chi connectivity index (χ3v) is 3.18. The van der Waals surface area contributed by atoms with E-state index >= 15 is 0 Å². The molecule has 0 unspecified atom stereocenters. The van der Waals surface area contributed by atoms with E-state index in [0.29, 0.717) is 6.42 Å². The smallest absolute Gasteiger partial charge is 0.242 e. The second-order valence-electron chi connectivity index (χ2n) is 4.46. The number of rotatable bonds is 4. The molecule has 5 nitrogen and oxygen atoms in total. The Morgan fingerprint density at radius 3 is 2.53 bits per heavy atom. The normalized spacial score (nSPS) is 24.6. The average molecular weight is 264 g/mol. The second kappa shape index (κ2) is 7.50. The van der Waals surface area contributed by atoms with Gasteiger partial charge in [-0.2, -0.15) is 0 Å². The fourth-order valence-electron chi connectivity index (χ4n) is 2.14. The molecular weight excluding hydrogens is 242 g/mol. The van der Waals surface area contributed by atoms with Crippen LogP contribution in [-0.4, -0.2) is 30.9 Å². The topological polar surface area (TPSA) is 84.2 Å². The van der Waals surface area contributed by atoms with Crippen LogP contribution >= 0.6 is 12.4 Å². The number of likely N-dealkylation sites (N-methyl/N-ethyl adjacent to an activating group) is 1. The molecule has 0 aromatic rings. The minimum atomic E-state index is -0.477. The Hall–Kier alpha value is -0.810. The van der Waals surface area contributed by atoms with Crippen LogP contribution in [0.5, 0.6) is 0 Å². The van der Waals surface area contributed by atoms with E-state index in [0.717, 1.165) is 19.3 Å². The molecule has 4 N–H and O–H groups in total. The fraction of sp³-hybridized carbons (Fsp3) is 0.818. The Kier molecular flexibility index (Phi) is 7.15. The van der Waals surface area contributed by atoms with Gasteiger partial charge in [-0.05, 0) is 25.7 Å². The van der Waals surface area contributed by atoms with Crippen molar-refractivity contribution in [1.82, 2.24) is 10.6 Å². The number of hydrogen-bond donors (Lipinski definition) is 3. The average Bonchev–Trinajstić information content (AvgIpc) is 2.63. The van der Waals surface area contributed by atoms with Crippen molar-refractivity contribution in [2.24, 2.45) is 11.7 Å². The Morgan fingerprint density at radius 1 is 1.41 bits per heavy atom. The SMILES string of the molecule is CNC(=O)[C@@H](C)NC(=O)C[C@@H]1CCC[C@H]1N.Cl. The van der Waals surface area contributed by atoms with Gasteiger partial charge in [0.25, 0.3) is 0 Å². The number of hydrogen-bond acceptors (Lipinski definition) is 3. The van der Waals surface area contributed by atoms with Crippen molar-refractivity contribution in [3.05, 3.63) is 0 Å². The van der Waals surface area contributed by atoms with Crippen molar-refractivity contribution < 1.29 is 9.59 Å². The Morgan fingerprint density at radius 2 is 2.06 bits per heavy atom. The zero-order valence-electron chi connectivity index (χ0n) is 10.4. The van der Waals surface area contributed by atoms with Gasteiger partial charge >= 0.3 is 0 Å². The van der Waals surface area contributed by atoms with E-state index in [1.807, 2.05) is 0 Å². The molecule has 1 aliphatic carbocycles. The van der Waals surface area contributed by atoms with Gasteiger partial charge in [0.15, 0.2) is 0 Å². The first kappa shape index (κ1) is 16.2. The number of nitrogens with one attached hydrogen (secondary N) is 2. The molecule has 0 bridgehead atoms. The van der Waals surface area contributed by atoms with Crippen molar-refractivity contribution in [1.29, 1.82) is 0 Å². The summed E-state index contributed by atoms with van der Waals surface area (Å²) in [6.07, 6.45) is 3.55. The molecule has 3 atom stereocenters. The van der Waals surface area contributed by atoms with Crippen LogP contribution in [0.25, 0.3) is 0 Å². The predicted octanol–water partition coefficient (Wildman–Crippen LogP) is 0.176. The van der Waals surface area contributed by atoms with Gasteiger partial charge in [0, 0.05) is 19.5 Å². The Bertz CT molecular complexity index is 273. The van der Waals surface area contributed by atoms with Crippen molar-refractivity contribution in [2.75, 3.05) is 7.05 Å². The van der Waals surface area contributed by atoms with Crippen molar-refractivity contribution in [3.8, 4) is 0 Å². The predicted molar refractivity (Wildman–Crippen MR) is 68.9 cm³/mol. The molecule has 1 rings (SSSR count). The van der Waals surface area contributed by atoms with Crippen LogP contribution < -0.4 is 16.4 Å². The number of amides is 2. The highest BCUT2D eigenvalue weighted by molar-refractivity contribution is 5.87. The highest BCUT2D eigenvalue weighted by Gasteiger charge is 2.26. The van der Waals surface area contributed by atoms with E-state index < -0.39 is 6.04 Å². The maximum absolute atomic E-state index is 11.6. The standard InChI is InChI=1S/C11H21N3O2.ClH/c1-7(11(16)13-2)14-10(15)6-8-4-3-5-9(8)12;/h7-9H,3-6,12H2,1-2H3,(H,13,16)(H,14,15);1H/t7-,8+,9-;/m1./s1. The summed E-state index contributed by atoms with van der Waals surface area (Å²) >= 11 is 0. The van der Waals surface area contributed by atoms with Gasteiger partial charge in [-0.3, -0.25) is 9.59 Å². The quantitative estimate of drug-likeness (QED) is 0.676. The summed E-state index contributed by atoms with van der Waals surface area (Å²) in [6, 6.07) is -0.337. The Labute approximate surface area is 108 Å². The maximum atomic E-state index is 11.6. The lowest BCUT2D eigenvalue weighted by atomic mass is 10.00. The van der Waals surface area contributed by atoms with Gasteiger partial charge in [-0.25, -0.2) is 0 Å². The van der Waals surface area contributed by atoms with E-state index in [9.17, 15) is 9.59 Å². The molecule has 0 aromatic heterocycles. The third kappa shape index (κ3) is 4.91. The molecule has 0 aromatic carbocycles. The molecular formula is C11H22ClN3O2. The van der Waals surface area contributed by atoms with Crippen LogP contribution in [0, 0.1) is 5.92 Å². The van der Waals surface area contributed by atoms with Gasteiger partial charge in [0.2, 0.25) is 11.8 Å². The van der Waals surface area contributed by atoms with Gasteiger partial charge in [0.05, 0.1) is 0 Å². The molecule has 0 radical (unpaired) electrons. The van der Waals surface area contributed by atoms with Crippen molar-refractivity contribution in [2.45, 2.75) is 44.7 Å². The highest BCUT2D eigenvalue weighted by atomic mass is 35.5. The zero-order chi connectivity index (χ0) is 12.1. The summed E-state index contributed by atoms with van der Waals surface area (Å²) in [4.78, 5) is 22.8. The van der Waals surface area contributed by atoms with Crippen molar-refractivity contribution >= 4 is 24.2 Å². The number of nitrogens with two attached hydrogens (primary N) is 1. The summed E-state index contributed by atoms with van der Waals surface area (Å²) in [7, 11) is 1.55. The molecule has 0 spiro atoms. The highest BCUT2D eigenvalue weighted by Crippen LogP contribution is 2.26. The summed E-state index contributed by atoms with van der Waals surface area (Å²) < 4.78 is 0. The molecule has 1 aliphatic rings. The van der Waals surface area contributed by atoms with Crippen molar-refractivity contribution in [3.63, 3.8) is 0 Å². The first-order valence-corrected chi connectivity index (χ1v) is 5.81.